The number of aromatic nitrogens is 1. The van der Waals surface area contributed by atoms with E-state index < -0.39 is 11.5 Å². The fraction of sp³-hybridized carbons (Fsp3) is 0.360. The van der Waals surface area contributed by atoms with Gasteiger partial charge in [0.1, 0.15) is 11.3 Å². The molecular weight excluding hydrogens is 438 g/mol. The monoisotopic (exact) mass is 465 g/mol. The lowest BCUT2D eigenvalue weighted by atomic mass is 9.99. The van der Waals surface area contributed by atoms with Crippen LogP contribution in [0.1, 0.15) is 28.8 Å². The van der Waals surface area contributed by atoms with Crippen LogP contribution in [0.3, 0.4) is 0 Å². The number of pyridine rings is 1. The summed E-state index contributed by atoms with van der Waals surface area (Å²) in [5.74, 6) is 0.700. The van der Waals surface area contributed by atoms with Crippen LogP contribution in [0.5, 0.6) is 17.2 Å². The Bertz CT molecular complexity index is 1310. The Balaban J connectivity index is 1.74. The van der Waals surface area contributed by atoms with E-state index in [2.05, 4.69) is 10.2 Å². The average molecular weight is 466 g/mol. The van der Waals surface area contributed by atoms with Gasteiger partial charge < -0.3 is 34.1 Å². The van der Waals surface area contributed by atoms with Gasteiger partial charge in [-0.2, -0.15) is 0 Å². The molecule has 0 spiro atoms. The quantitative estimate of drug-likeness (QED) is 0.573. The van der Waals surface area contributed by atoms with Crippen LogP contribution in [0.2, 0.25) is 0 Å². The van der Waals surface area contributed by atoms with Crippen LogP contribution in [-0.2, 0) is 13.6 Å². The number of hydrogen-bond acceptors (Lipinski definition) is 7. The van der Waals surface area contributed by atoms with Crippen molar-refractivity contribution in [2.45, 2.75) is 25.4 Å². The van der Waals surface area contributed by atoms with Gasteiger partial charge >= 0.3 is 5.97 Å². The van der Waals surface area contributed by atoms with Gasteiger partial charge in [0.15, 0.2) is 11.5 Å². The lowest BCUT2D eigenvalue weighted by Gasteiger charge is -2.38. The highest BCUT2D eigenvalue weighted by Crippen LogP contribution is 2.37. The standard InChI is InChI=1S/C25H27N3O6/c1-27-19-5-4-17(32-2)12-18(19)23(22(24(27)29)25(30)31)28(16-7-9-26-10-8-16)13-15-3-6-20-21(11-15)34-14-33-20/h3-6,11-12,16,26H,7-10,13-14H2,1-2H3,(H,30,31). The van der Waals surface area contributed by atoms with Gasteiger partial charge in [-0.15, -0.1) is 0 Å². The second-order valence-electron chi connectivity index (χ2n) is 8.57. The number of anilines is 1. The molecule has 1 fully saturated rings. The summed E-state index contributed by atoms with van der Waals surface area (Å²) in [4.78, 5) is 27.8. The normalized spacial score (nSPS) is 15.5. The second-order valence-corrected chi connectivity index (χ2v) is 8.57. The van der Waals surface area contributed by atoms with E-state index in [1.54, 1.807) is 26.3 Å². The molecular formula is C25H27N3O6. The molecule has 3 aromatic rings. The van der Waals surface area contributed by atoms with Crippen LogP contribution in [0.4, 0.5) is 5.69 Å². The summed E-state index contributed by atoms with van der Waals surface area (Å²) >= 11 is 0. The lowest BCUT2D eigenvalue weighted by molar-refractivity contribution is 0.0695. The van der Waals surface area contributed by atoms with Gasteiger partial charge in [-0.05, 0) is 61.8 Å². The number of ether oxygens (including phenoxy) is 3. The average Bonchev–Trinajstić information content (AvgIpc) is 3.32. The fourth-order valence-corrected chi connectivity index (χ4v) is 4.87. The smallest absolute Gasteiger partial charge is 0.343 e. The van der Waals surface area contributed by atoms with E-state index in [-0.39, 0.29) is 18.4 Å². The summed E-state index contributed by atoms with van der Waals surface area (Å²) in [6, 6.07) is 11.2. The highest BCUT2D eigenvalue weighted by molar-refractivity contribution is 6.05. The van der Waals surface area contributed by atoms with Crippen molar-refractivity contribution in [2.24, 2.45) is 7.05 Å². The number of nitrogens with one attached hydrogen (secondary N) is 1. The topological polar surface area (TPSA) is 102 Å². The molecule has 1 saturated heterocycles. The van der Waals surface area contributed by atoms with E-state index in [1.807, 2.05) is 24.3 Å². The van der Waals surface area contributed by atoms with Crippen LogP contribution in [0, 0.1) is 0 Å². The number of methoxy groups -OCH3 is 1. The molecule has 0 saturated carbocycles. The highest BCUT2D eigenvalue weighted by atomic mass is 16.7. The summed E-state index contributed by atoms with van der Waals surface area (Å²) in [5.41, 5.74) is 1.24. The number of aryl methyl sites for hydroxylation is 1. The maximum atomic E-state index is 13.3. The summed E-state index contributed by atoms with van der Waals surface area (Å²) in [7, 11) is 3.16. The van der Waals surface area contributed by atoms with Crippen molar-refractivity contribution in [1.29, 1.82) is 0 Å². The van der Waals surface area contributed by atoms with Gasteiger partial charge in [0, 0.05) is 25.0 Å². The maximum Gasteiger partial charge on any atom is 0.343 e. The third kappa shape index (κ3) is 3.81. The predicted molar refractivity (Wildman–Crippen MR) is 127 cm³/mol. The largest absolute Gasteiger partial charge is 0.497 e. The summed E-state index contributed by atoms with van der Waals surface area (Å²) in [6.45, 7) is 2.23. The number of piperidine rings is 1. The molecule has 5 rings (SSSR count). The van der Waals surface area contributed by atoms with Gasteiger partial charge in [-0.3, -0.25) is 4.79 Å². The fourth-order valence-electron chi connectivity index (χ4n) is 4.87. The van der Waals surface area contributed by atoms with Gasteiger partial charge in [-0.1, -0.05) is 6.07 Å². The molecule has 2 N–H and O–H groups in total. The summed E-state index contributed by atoms with van der Waals surface area (Å²) in [6.07, 6.45) is 1.65. The number of carboxylic acids is 1. The van der Waals surface area contributed by atoms with Crippen LogP contribution >= 0.6 is 0 Å². The van der Waals surface area contributed by atoms with E-state index in [1.165, 1.54) is 4.57 Å². The highest BCUT2D eigenvalue weighted by Gasteiger charge is 2.30. The third-order valence-corrected chi connectivity index (χ3v) is 6.62. The number of rotatable bonds is 6. The van der Waals surface area contributed by atoms with Crippen molar-refractivity contribution in [3.8, 4) is 17.2 Å². The van der Waals surface area contributed by atoms with Crippen molar-refractivity contribution in [2.75, 3.05) is 31.9 Å². The number of nitrogens with zero attached hydrogens (tertiary/aromatic N) is 2. The Morgan fingerprint density at radius 1 is 1.18 bits per heavy atom. The zero-order valence-corrected chi connectivity index (χ0v) is 19.2. The van der Waals surface area contributed by atoms with Crippen LogP contribution in [0.15, 0.2) is 41.2 Å². The van der Waals surface area contributed by atoms with Crippen molar-refractivity contribution < 1.29 is 24.1 Å². The molecule has 0 bridgehead atoms. The Labute approximate surface area is 196 Å². The summed E-state index contributed by atoms with van der Waals surface area (Å²) < 4.78 is 17.8. The molecule has 178 valence electrons. The molecule has 0 radical (unpaired) electrons. The molecule has 9 nitrogen and oxygen atoms in total. The van der Waals surface area contributed by atoms with Gasteiger partial charge in [0.05, 0.1) is 18.3 Å². The Morgan fingerprint density at radius 3 is 2.68 bits per heavy atom. The van der Waals surface area contributed by atoms with E-state index >= 15 is 0 Å². The van der Waals surface area contributed by atoms with E-state index in [0.29, 0.717) is 40.4 Å². The molecule has 2 aliphatic rings. The molecule has 2 aliphatic heterocycles. The molecule has 9 heteroatoms. The zero-order chi connectivity index (χ0) is 23.8. The SMILES string of the molecule is COc1ccc2c(c1)c(N(Cc1ccc3c(c1)OCO3)C1CCNCC1)c(C(=O)O)c(=O)n2C. The number of fused-ring (bicyclic) bond motifs is 2. The van der Waals surface area contributed by atoms with E-state index in [9.17, 15) is 14.7 Å². The molecule has 0 aliphatic carbocycles. The Hall–Kier alpha value is -3.72. The first-order valence-corrected chi connectivity index (χ1v) is 11.3. The zero-order valence-electron chi connectivity index (χ0n) is 19.2. The van der Waals surface area contributed by atoms with Crippen molar-refractivity contribution in [1.82, 2.24) is 9.88 Å². The van der Waals surface area contributed by atoms with Crippen molar-refractivity contribution in [3.05, 3.63) is 57.9 Å². The summed E-state index contributed by atoms with van der Waals surface area (Å²) in [5, 5.41) is 14.2. The number of aromatic carboxylic acids is 1. The number of benzene rings is 2. The first-order chi connectivity index (χ1) is 16.5. The number of carboxylic acid groups (broad SMARTS) is 1. The molecule has 3 heterocycles. The minimum atomic E-state index is -1.25. The first-order valence-electron chi connectivity index (χ1n) is 11.3. The Kier molecular flexibility index (Phi) is 5.79. The third-order valence-electron chi connectivity index (χ3n) is 6.62. The molecule has 0 amide bonds. The van der Waals surface area contributed by atoms with Crippen LogP contribution in [0.25, 0.3) is 10.9 Å². The minimum absolute atomic E-state index is 0.0475. The molecule has 0 unspecified atom stereocenters. The Morgan fingerprint density at radius 2 is 1.94 bits per heavy atom. The second kappa shape index (κ2) is 8.90. The number of carbonyl (C=O) groups is 1. The predicted octanol–water partition coefficient (Wildman–Crippen LogP) is 2.73. The van der Waals surface area contributed by atoms with E-state index in [4.69, 9.17) is 14.2 Å². The van der Waals surface area contributed by atoms with Crippen molar-refractivity contribution >= 4 is 22.6 Å². The van der Waals surface area contributed by atoms with Crippen LogP contribution < -0.4 is 30.0 Å². The number of hydrogen-bond donors (Lipinski definition) is 2. The molecule has 2 aromatic carbocycles. The molecule has 0 atom stereocenters. The van der Waals surface area contributed by atoms with E-state index in [0.717, 1.165) is 31.5 Å². The first kappa shape index (κ1) is 22.1. The molecule has 1 aromatic heterocycles. The van der Waals surface area contributed by atoms with Gasteiger partial charge in [-0.25, -0.2) is 4.79 Å². The maximum absolute atomic E-state index is 13.3. The van der Waals surface area contributed by atoms with Gasteiger partial charge in [0.2, 0.25) is 6.79 Å². The lowest BCUT2D eigenvalue weighted by Crippen LogP contribution is -2.44. The molecule has 34 heavy (non-hydrogen) atoms. The van der Waals surface area contributed by atoms with Crippen molar-refractivity contribution in [3.63, 3.8) is 0 Å². The minimum Gasteiger partial charge on any atom is -0.497 e. The van der Waals surface area contributed by atoms with Crippen LogP contribution in [-0.4, -0.2) is 48.7 Å². The van der Waals surface area contributed by atoms with Gasteiger partial charge in [0.25, 0.3) is 5.56 Å².